The van der Waals surface area contributed by atoms with Gasteiger partial charge in [-0.3, -0.25) is 13.9 Å². The van der Waals surface area contributed by atoms with Gasteiger partial charge in [-0.25, -0.2) is 8.42 Å². The Bertz CT molecular complexity index is 1470. The molecule has 0 aromatic heterocycles. The number of hydrogen-bond donors (Lipinski definition) is 1. The summed E-state index contributed by atoms with van der Waals surface area (Å²) in [6, 6.07) is 16.8. The summed E-state index contributed by atoms with van der Waals surface area (Å²) in [5.74, 6) is -1.21. The molecule has 0 saturated carbocycles. The van der Waals surface area contributed by atoms with E-state index in [0.717, 1.165) is 16.6 Å². The number of alkyl halides is 3. The lowest BCUT2D eigenvalue weighted by molar-refractivity contribution is -0.139. The van der Waals surface area contributed by atoms with Crippen LogP contribution in [0, 0.1) is 0 Å². The van der Waals surface area contributed by atoms with E-state index in [2.05, 4.69) is 21.2 Å². The molecule has 12 heteroatoms. The Morgan fingerprint density at radius 2 is 1.61 bits per heavy atom. The molecule has 2 unspecified atom stereocenters. The third-order valence-corrected chi connectivity index (χ3v) is 8.76. The Kier molecular flexibility index (Phi) is 10.6. The van der Waals surface area contributed by atoms with Crippen LogP contribution in [0.3, 0.4) is 0 Å². The van der Waals surface area contributed by atoms with Gasteiger partial charge in [0.05, 0.1) is 16.1 Å². The minimum absolute atomic E-state index is 0.0464. The van der Waals surface area contributed by atoms with Gasteiger partial charge in [0.2, 0.25) is 11.8 Å². The first kappa shape index (κ1) is 32.1. The van der Waals surface area contributed by atoms with E-state index in [4.69, 9.17) is 0 Å². The molecule has 1 N–H and O–H groups in total. The summed E-state index contributed by atoms with van der Waals surface area (Å²) in [4.78, 5) is 28.0. The third kappa shape index (κ3) is 8.32. The second-order valence-electron chi connectivity index (χ2n) is 9.52. The lowest BCUT2D eigenvalue weighted by Crippen LogP contribution is -2.52. The maximum Gasteiger partial charge on any atom is 0.416 e. The van der Waals surface area contributed by atoms with Crippen LogP contribution in [0.2, 0.25) is 0 Å². The molecule has 0 spiro atoms. The second-order valence-corrected chi connectivity index (χ2v) is 12.3. The van der Waals surface area contributed by atoms with E-state index in [1.54, 1.807) is 30.3 Å². The average Bonchev–Trinajstić information content (AvgIpc) is 2.94. The van der Waals surface area contributed by atoms with Crippen LogP contribution in [0.25, 0.3) is 0 Å². The van der Waals surface area contributed by atoms with Crippen molar-refractivity contribution in [2.75, 3.05) is 10.8 Å². The number of carbonyl (C=O) groups is 2. The Morgan fingerprint density at radius 1 is 0.951 bits per heavy atom. The molecule has 41 heavy (non-hydrogen) atoms. The van der Waals surface area contributed by atoms with Gasteiger partial charge < -0.3 is 10.2 Å². The van der Waals surface area contributed by atoms with Gasteiger partial charge in [-0.15, -0.1) is 0 Å². The molecule has 3 aromatic rings. The van der Waals surface area contributed by atoms with Gasteiger partial charge in [0.15, 0.2) is 0 Å². The SMILES string of the molecule is CCC(C)NC(=O)C(C)N(Cc1cccc(Br)c1)C(=O)CN(c1cccc(C(F)(F)F)c1)S(=O)(=O)c1ccccc1. The zero-order chi connectivity index (χ0) is 30.4. The highest BCUT2D eigenvalue weighted by atomic mass is 79.9. The normalized spacial score (nSPS) is 13.2. The molecule has 0 aliphatic carbocycles. The van der Waals surface area contributed by atoms with Crippen molar-refractivity contribution in [1.29, 1.82) is 0 Å². The summed E-state index contributed by atoms with van der Waals surface area (Å²) < 4.78 is 69.5. The van der Waals surface area contributed by atoms with Gasteiger partial charge in [-0.2, -0.15) is 13.2 Å². The Morgan fingerprint density at radius 3 is 2.22 bits per heavy atom. The third-order valence-electron chi connectivity index (χ3n) is 6.48. The minimum atomic E-state index is -4.74. The lowest BCUT2D eigenvalue weighted by Gasteiger charge is -2.32. The van der Waals surface area contributed by atoms with E-state index in [1.165, 1.54) is 42.2 Å². The van der Waals surface area contributed by atoms with Crippen molar-refractivity contribution >= 4 is 43.5 Å². The van der Waals surface area contributed by atoms with E-state index in [0.29, 0.717) is 22.4 Å². The number of sulfonamides is 1. The van der Waals surface area contributed by atoms with Crippen molar-refractivity contribution in [2.24, 2.45) is 0 Å². The van der Waals surface area contributed by atoms with Crippen LogP contribution in [0.1, 0.15) is 38.3 Å². The van der Waals surface area contributed by atoms with E-state index in [9.17, 15) is 31.2 Å². The fraction of sp³-hybridized carbons (Fsp3) is 0.310. The fourth-order valence-corrected chi connectivity index (χ4v) is 5.84. The summed E-state index contributed by atoms with van der Waals surface area (Å²) in [6.07, 6.45) is -4.09. The molecular formula is C29H31BrF3N3O4S. The van der Waals surface area contributed by atoms with Crippen LogP contribution < -0.4 is 9.62 Å². The Labute approximate surface area is 246 Å². The molecule has 0 saturated heterocycles. The summed E-state index contributed by atoms with van der Waals surface area (Å²) >= 11 is 3.38. The number of rotatable bonds is 11. The van der Waals surface area contributed by atoms with Crippen LogP contribution in [-0.4, -0.2) is 43.8 Å². The van der Waals surface area contributed by atoms with Gasteiger partial charge in [0, 0.05) is 17.1 Å². The molecular weight excluding hydrogens is 623 g/mol. The van der Waals surface area contributed by atoms with Crippen molar-refractivity contribution in [3.8, 4) is 0 Å². The predicted octanol–water partition coefficient (Wildman–Crippen LogP) is 6.00. The molecule has 0 aliphatic rings. The highest BCUT2D eigenvalue weighted by molar-refractivity contribution is 9.10. The number of anilines is 1. The van der Waals surface area contributed by atoms with Crippen LogP contribution in [0.4, 0.5) is 18.9 Å². The zero-order valence-electron chi connectivity index (χ0n) is 22.7. The summed E-state index contributed by atoms with van der Waals surface area (Å²) in [5, 5.41) is 2.83. The number of halogens is 4. The smallest absolute Gasteiger partial charge is 0.352 e. The topological polar surface area (TPSA) is 86.8 Å². The highest BCUT2D eigenvalue weighted by Gasteiger charge is 2.35. The summed E-state index contributed by atoms with van der Waals surface area (Å²) in [7, 11) is -4.48. The quantitative estimate of drug-likeness (QED) is 0.275. The minimum Gasteiger partial charge on any atom is -0.352 e. The molecule has 0 radical (unpaired) electrons. The van der Waals surface area contributed by atoms with E-state index < -0.39 is 46.2 Å². The fourth-order valence-electron chi connectivity index (χ4n) is 3.97. The van der Waals surface area contributed by atoms with Crippen LogP contribution in [0.15, 0.2) is 88.2 Å². The molecule has 0 aliphatic heterocycles. The van der Waals surface area contributed by atoms with Gasteiger partial charge in [-0.05, 0) is 68.3 Å². The maximum absolute atomic E-state index is 13.9. The van der Waals surface area contributed by atoms with Gasteiger partial charge in [-0.1, -0.05) is 59.3 Å². The Balaban J connectivity index is 2.08. The molecule has 3 rings (SSSR count). The first-order valence-corrected chi connectivity index (χ1v) is 15.1. The van der Waals surface area contributed by atoms with Crippen LogP contribution in [-0.2, 0) is 32.3 Å². The molecule has 3 aromatic carbocycles. The molecule has 220 valence electrons. The number of nitrogens with zero attached hydrogens (tertiary/aromatic N) is 2. The van der Waals surface area contributed by atoms with Crippen molar-refractivity contribution < 1.29 is 31.2 Å². The zero-order valence-corrected chi connectivity index (χ0v) is 25.1. The second kappa shape index (κ2) is 13.5. The van der Waals surface area contributed by atoms with Crippen molar-refractivity contribution in [3.63, 3.8) is 0 Å². The van der Waals surface area contributed by atoms with Gasteiger partial charge >= 0.3 is 6.18 Å². The molecule has 0 bridgehead atoms. The van der Waals surface area contributed by atoms with Crippen LogP contribution in [0.5, 0.6) is 0 Å². The maximum atomic E-state index is 13.9. The lowest BCUT2D eigenvalue weighted by atomic mass is 10.1. The summed E-state index contributed by atoms with van der Waals surface area (Å²) in [5.41, 5.74) is -0.744. The van der Waals surface area contributed by atoms with Crippen molar-refractivity contribution in [3.05, 3.63) is 94.5 Å². The largest absolute Gasteiger partial charge is 0.416 e. The number of hydrogen-bond acceptors (Lipinski definition) is 4. The Hall–Kier alpha value is -3.38. The first-order chi connectivity index (χ1) is 19.2. The highest BCUT2D eigenvalue weighted by Crippen LogP contribution is 2.33. The molecule has 7 nitrogen and oxygen atoms in total. The van der Waals surface area contributed by atoms with Crippen LogP contribution >= 0.6 is 15.9 Å². The van der Waals surface area contributed by atoms with Crippen molar-refractivity contribution in [1.82, 2.24) is 10.2 Å². The molecule has 2 atom stereocenters. The molecule has 2 amide bonds. The van der Waals surface area contributed by atoms with E-state index in [-0.39, 0.29) is 23.2 Å². The molecule has 0 fully saturated rings. The van der Waals surface area contributed by atoms with Crippen molar-refractivity contribution in [2.45, 2.75) is 56.9 Å². The standard InChI is InChI=1S/C29H31BrF3N3O4S/c1-4-20(2)34-28(38)21(3)35(18-22-10-8-12-24(30)16-22)27(37)19-36(41(39,40)26-14-6-5-7-15-26)25-13-9-11-23(17-25)29(31,32)33/h5-17,20-21H,4,18-19H2,1-3H3,(H,34,38). The summed E-state index contributed by atoms with van der Waals surface area (Å²) in [6.45, 7) is 4.34. The van der Waals surface area contributed by atoms with E-state index in [1.807, 2.05) is 13.8 Å². The van der Waals surface area contributed by atoms with Gasteiger partial charge in [0.25, 0.3) is 10.0 Å². The number of nitrogens with one attached hydrogen (secondary N) is 1. The number of benzene rings is 3. The van der Waals surface area contributed by atoms with Gasteiger partial charge in [0.1, 0.15) is 12.6 Å². The van der Waals surface area contributed by atoms with E-state index >= 15 is 0 Å². The monoisotopic (exact) mass is 653 g/mol. The predicted molar refractivity (Wildman–Crippen MR) is 154 cm³/mol. The average molecular weight is 655 g/mol. The number of amides is 2. The first-order valence-electron chi connectivity index (χ1n) is 12.8. The number of carbonyl (C=O) groups excluding carboxylic acids is 2. The molecule has 0 heterocycles.